The summed E-state index contributed by atoms with van der Waals surface area (Å²) in [7, 11) is 0. The van der Waals surface area contributed by atoms with Crippen LogP contribution in [0, 0.1) is 0 Å². The van der Waals surface area contributed by atoms with Crippen molar-refractivity contribution in [1.29, 1.82) is 0 Å². The van der Waals surface area contributed by atoms with E-state index < -0.39 is 0 Å². The van der Waals surface area contributed by atoms with Crippen molar-refractivity contribution in [2.45, 2.75) is 0 Å². The second-order valence-electron chi connectivity index (χ2n) is 7.33. The number of anilines is 1. The van der Waals surface area contributed by atoms with E-state index in [9.17, 15) is 4.79 Å². The van der Waals surface area contributed by atoms with Gasteiger partial charge < -0.3 is 4.74 Å². The first kappa shape index (κ1) is 20.0. The lowest BCUT2D eigenvalue weighted by atomic mass is 10.0. The summed E-state index contributed by atoms with van der Waals surface area (Å²) < 4.78 is 5.66. The maximum Gasteiger partial charge on any atom is 0.264 e. The summed E-state index contributed by atoms with van der Waals surface area (Å²) in [4.78, 5) is 16.9. The summed E-state index contributed by atoms with van der Waals surface area (Å²) in [5.41, 5.74) is 4.18. The topological polar surface area (TPSA) is 51.2 Å². The van der Waals surface area contributed by atoms with Gasteiger partial charge in [0.2, 0.25) is 0 Å². The van der Waals surface area contributed by atoms with Gasteiger partial charge in [-0.25, -0.2) is 4.98 Å². The Morgan fingerprint density at radius 3 is 2.28 bits per heavy atom. The molecule has 1 amide bonds. The standard InChI is InChI=1S/C27H20N2O2S/c30-26(17-31-24-15-14-20-8-4-5-9-23(20)16-24)29-27-28-25(18-32-27)22-12-10-21(11-13-22)19-6-2-1-3-7-19/h1-16,18H,17H2,(H,28,29,30). The molecule has 1 aromatic heterocycles. The van der Waals surface area contributed by atoms with E-state index in [-0.39, 0.29) is 12.5 Å². The van der Waals surface area contributed by atoms with Gasteiger partial charge in [0.15, 0.2) is 11.7 Å². The molecular formula is C27H20N2O2S. The van der Waals surface area contributed by atoms with Crippen LogP contribution in [0.2, 0.25) is 0 Å². The van der Waals surface area contributed by atoms with E-state index in [1.54, 1.807) is 0 Å². The van der Waals surface area contributed by atoms with Crippen molar-refractivity contribution < 1.29 is 9.53 Å². The van der Waals surface area contributed by atoms with Gasteiger partial charge in [-0.2, -0.15) is 0 Å². The second kappa shape index (κ2) is 9.04. The van der Waals surface area contributed by atoms with Crippen LogP contribution >= 0.6 is 11.3 Å². The second-order valence-corrected chi connectivity index (χ2v) is 8.19. The summed E-state index contributed by atoms with van der Waals surface area (Å²) in [5.74, 6) is 0.427. The smallest absolute Gasteiger partial charge is 0.264 e. The molecule has 0 spiro atoms. The van der Waals surface area contributed by atoms with Crippen molar-refractivity contribution in [1.82, 2.24) is 4.98 Å². The number of thiazole rings is 1. The molecule has 1 N–H and O–H groups in total. The third-order valence-electron chi connectivity index (χ3n) is 5.13. The van der Waals surface area contributed by atoms with E-state index >= 15 is 0 Å². The average Bonchev–Trinajstić information content (AvgIpc) is 3.31. The Bertz CT molecular complexity index is 1360. The lowest BCUT2D eigenvalue weighted by Crippen LogP contribution is -2.20. The number of aromatic nitrogens is 1. The predicted molar refractivity (Wildman–Crippen MR) is 131 cm³/mol. The van der Waals surface area contributed by atoms with Crippen molar-refractivity contribution in [2.24, 2.45) is 0 Å². The Hall–Kier alpha value is -3.96. The van der Waals surface area contributed by atoms with Crippen LogP contribution in [0.1, 0.15) is 0 Å². The number of nitrogens with one attached hydrogen (secondary N) is 1. The number of benzene rings is 4. The lowest BCUT2D eigenvalue weighted by Gasteiger charge is -2.07. The van der Waals surface area contributed by atoms with Crippen LogP contribution < -0.4 is 10.1 Å². The number of carbonyl (C=O) groups excluding carboxylic acids is 1. The number of amides is 1. The predicted octanol–water partition coefficient (Wildman–Crippen LogP) is 6.65. The first-order valence-corrected chi connectivity index (χ1v) is 11.2. The third-order valence-corrected chi connectivity index (χ3v) is 5.89. The molecule has 5 heteroatoms. The van der Waals surface area contributed by atoms with Crippen LogP contribution in [0.3, 0.4) is 0 Å². The van der Waals surface area contributed by atoms with Crippen LogP contribution in [-0.2, 0) is 4.79 Å². The fourth-order valence-corrected chi connectivity index (χ4v) is 4.23. The summed E-state index contributed by atoms with van der Waals surface area (Å²) >= 11 is 1.40. The molecule has 32 heavy (non-hydrogen) atoms. The number of ether oxygens (including phenoxy) is 1. The molecule has 0 saturated heterocycles. The number of nitrogens with zero attached hydrogens (tertiary/aromatic N) is 1. The van der Waals surface area contributed by atoms with Gasteiger partial charge >= 0.3 is 0 Å². The van der Waals surface area contributed by atoms with Gasteiger partial charge in [-0.05, 0) is 34.0 Å². The third kappa shape index (κ3) is 4.53. The number of hydrogen-bond donors (Lipinski definition) is 1. The normalized spacial score (nSPS) is 10.8. The minimum atomic E-state index is -0.238. The van der Waals surface area contributed by atoms with Crippen molar-refractivity contribution in [3.8, 4) is 28.1 Å². The molecule has 0 radical (unpaired) electrons. The van der Waals surface area contributed by atoms with Crippen LogP contribution in [-0.4, -0.2) is 17.5 Å². The zero-order valence-corrected chi connectivity index (χ0v) is 18.0. The van der Waals surface area contributed by atoms with E-state index in [1.807, 2.05) is 78.2 Å². The minimum Gasteiger partial charge on any atom is -0.484 e. The molecule has 0 aliphatic heterocycles. The van der Waals surface area contributed by atoms with Gasteiger partial charge in [0.25, 0.3) is 5.91 Å². The quantitative estimate of drug-likeness (QED) is 0.324. The van der Waals surface area contributed by atoms with Crippen molar-refractivity contribution in [2.75, 3.05) is 11.9 Å². The summed E-state index contributed by atoms with van der Waals surface area (Å²) in [6.45, 7) is -0.0704. The van der Waals surface area contributed by atoms with Gasteiger partial charge in [0, 0.05) is 10.9 Å². The maximum absolute atomic E-state index is 12.3. The highest BCUT2D eigenvalue weighted by Crippen LogP contribution is 2.28. The SMILES string of the molecule is O=C(COc1ccc2ccccc2c1)Nc1nc(-c2ccc(-c3ccccc3)cc2)cs1. The molecule has 5 rings (SSSR count). The van der Waals surface area contributed by atoms with Crippen molar-refractivity contribution in [3.05, 3.63) is 102 Å². The summed E-state index contributed by atoms with van der Waals surface area (Å²) in [6.07, 6.45) is 0. The Labute approximate surface area is 190 Å². The number of hydrogen-bond acceptors (Lipinski definition) is 4. The van der Waals surface area contributed by atoms with Crippen LogP contribution in [0.25, 0.3) is 33.2 Å². The first-order chi connectivity index (χ1) is 15.7. The van der Waals surface area contributed by atoms with Gasteiger partial charge in [0.1, 0.15) is 5.75 Å². The first-order valence-electron chi connectivity index (χ1n) is 10.3. The molecule has 0 saturated carbocycles. The molecule has 0 aliphatic carbocycles. The Morgan fingerprint density at radius 2 is 1.47 bits per heavy atom. The van der Waals surface area contributed by atoms with E-state index in [0.717, 1.165) is 27.6 Å². The lowest BCUT2D eigenvalue weighted by molar-refractivity contribution is -0.118. The highest BCUT2D eigenvalue weighted by atomic mass is 32.1. The fraction of sp³-hybridized carbons (Fsp3) is 0.0370. The van der Waals surface area contributed by atoms with E-state index in [0.29, 0.717) is 10.9 Å². The van der Waals surface area contributed by atoms with Gasteiger partial charge in [-0.1, -0.05) is 84.9 Å². The van der Waals surface area contributed by atoms with Crippen LogP contribution in [0.5, 0.6) is 5.75 Å². The molecule has 0 atom stereocenters. The zero-order valence-electron chi connectivity index (χ0n) is 17.2. The fourth-order valence-electron chi connectivity index (χ4n) is 3.49. The highest BCUT2D eigenvalue weighted by molar-refractivity contribution is 7.14. The Morgan fingerprint density at radius 1 is 0.781 bits per heavy atom. The maximum atomic E-state index is 12.3. The van der Waals surface area contributed by atoms with Crippen LogP contribution in [0.4, 0.5) is 5.13 Å². The molecule has 0 aliphatic rings. The average molecular weight is 437 g/mol. The number of rotatable bonds is 6. The van der Waals surface area contributed by atoms with Crippen molar-refractivity contribution >= 4 is 33.1 Å². The molecule has 1 heterocycles. The van der Waals surface area contributed by atoms with E-state index in [4.69, 9.17) is 4.74 Å². The molecule has 0 unspecified atom stereocenters. The number of carbonyl (C=O) groups is 1. The Balaban J connectivity index is 1.20. The minimum absolute atomic E-state index is 0.0704. The van der Waals surface area contributed by atoms with E-state index in [2.05, 4.69) is 34.6 Å². The van der Waals surface area contributed by atoms with Gasteiger partial charge in [-0.3, -0.25) is 10.1 Å². The molecule has 156 valence electrons. The largest absolute Gasteiger partial charge is 0.484 e. The zero-order chi connectivity index (χ0) is 21.8. The molecule has 0 bridgehead atoms. The van der Waals surface area contributed by atoms with Gasteiger partial charge in [-0.15, -0.1) is 11.3 Å². The number of fused-ring (bicyclic) bond motifs is 1. The van der Waals surface area contributed by atoms with Crippen molar-refractivity contribution in [3.63, 3.8) is 0 Å². The molecule has 4 nitrogen and oxygen atoms in total. The highest BCUT2D eigenvalue weighted by Gasteiger charge is 2.09. The monoisotopic (exact) mass is 436 g/mol. The molecule has 5 aromatic rings. The van der Waals surface area contributed by atoms with Crippen LogP contribution in [0.15, 0.2) is 102 Å². The summed E-state index contributed by atoms with van der Waals surface area (Å²) in [5, 5.41) is 7.53. The summed E-state index contributed by atoms with van der Waals surface area (Å²) in [6, 6.07) is 32.3. The Kier molecular flexibility index (Phi) is 5.64. The molecule has 0 fully saturated rings. The molecule has 4 aromatic carbocycles. The van der Waals surface area contributed by atoms with E-state index in [1.165, 1.54) is 16.9 Å². The van der Waals surface area contributed by atoms with Gasteiger partial charge in [0.05, 0.1) is 5.69 Å². The molecular weight excluding hydrogens is 416 g/mol.